The van der Waals surface area contributed by atoms with Gasteiger partial charge < -0.3 is 5.11 Å². The van der Waals surface area contributed by atoms with Crippen molar-refractivity contribution >= 4 is 11.3 Å². The molecule has 1 N–H and O–H groups in total. The lowest BCUT2D eigenvalue weighted by Gasteiger charge is -2.14. The Bertz CT molecular complexity index is 528. The Kier molecular flexibility index (Phi) is 4.20. The van der Waals surface area contributed by atoms with Gasteiger partial charge >= 0.3 is 0 Å². The molecule has 0 aliphatic heterocycles. The van der Waals surface area contributed by atoms with Crippen LogP contribution in [0.5, 0.6) is 0 Å². The van der Waals surface area contributed by atoms with Crippen LogP contribution in [0.4, 0.5) is 0 Å². The topological polar surface area (TPSA) is 20.2 Å². The number of hydrogen-bond donors (Lipinski definition) is 1. The second kappa shape index (κ2) is 5.68. The van der Waals surface area contributed by atoms with Gasteiger partial charge in [-0.05, 0) is 58.3 Å². The van der Waals surface area contributed by atoms with Crippen molar-refractivity contribution < 1.29 is 5.11 Å². The first-order valence-electron chi connectivity index (χ1n) is 6.49. The highest BCUT2D eigenvalue weighted by molar-refractivity contribution is 7.08. The van der Waals surface area contributed by atoms with E-state index >= 15 is 0 Å². The minimum atomic E-state index is -0.493. The summed E-state index contributed by atoms with van der Waals surface area (Å²) in [6, 6.07) is 6.36. The fourth-order valence-corrected chi connectivity index (χ4v) is 3.19. The van der Waals surface area contributed by atoms with Gasteiger partial charge in [-0.25, -0.2) is 0 Å². The first-order valence-corrected chi connectivity index (χ1v) is 7.44. The number of thiophene rings is 1. The molecule has 1 unspecified atom stereocenters. The molecule has 0 radical (unpaired) electrons. The van der Waals surface area contributed by atoms with Crippen LogP contribution in [0.15, 0.2) is 29.0 Å². The Hall–Kier alpha value is -1.12. The first-order chi connectivity index (χ1) is 8.67. The van der Waals surface area contributed by atoms with Crippen LogP contribution in [-0.2, 0) is 12.8 Å². The van der Waals surface area contributed by atoms with Crippen molar-refractivity contribution in [3.63, 3.8) is 0 Å². The third-order valence-corrected chi connectivity index (χ3v) is 4.38. The van der Waals surface area contributed by atoms with Crippen molar-refractivity contribution in [3.8, 4) is 0 Å². The Labute approximate surface area is 113 Å². The first kappa shape index (κ1) is 13.3. The van der Waals surface area contributed by atoms with Crippen LogP contribution < -0.4 is 0 Å². The van der Waals surface area contributed by atoms with Crippen LogP contribution in [0.2, 0.25) is 0 Å². The monoisotopic (exact) mass is 260 g/mol. The van der Waals surface area contributed by atoms with E-state index in [1.165, 1.54) is 16.7 Å². The van der Waals surface area contributed by atoms with E-state index in [4.69, 9.17) is 0 Å². The zero-order chi connectivity index (χ0) is 13.1. The van der Waals surface area contributed by atoms with Crippen molar-refractivity contribution in [3.05, 3.63) is 56.8 Å². The maximum atomic E-state index is 10.5. The van der Waals surface area contributed by atoms with Crippen LogP contribution in [0, 0.1) is 6.92 Å². The zero-order valence-electron chi connectivity index (χ0n) is 11.2. The molecule has 0 aliphatic rings. The van der Waals surface area contributed by atoms with Gasteiger partial charge in [-0.1, -0.05) is 32.0 Å². The Morgan fingerprint density at radius 3 is 2.39 bits per heavy atom. The molecule has 96 valence electrons. The lowest BCUT2D eigenvalue weighted by Crippen LogP contribution is -2.02. The highest BCUT2D eigenvalue weighted by Gasteiger charge is 2.14. The molecule has 0 amide bonds. The van der Waals surface area contributed by atoms with Crippen molar-refractivity contribution in [2.24, 2.45) is 0 Å². The van der Waals surface area contributed by atoms with Crippen molar-refractivity contribution in [1.82, 2.24) is 0 Å². The zero-order valence-corrected chi connectivity index (χ0v) is 12.1. The van der Waals surface area contributed by atoms with Gasteiger partial charge in [-0.15, -0.1) is 0 Å². The van der Waals surface area contributed by atoms with E-state index in [9.17, 15) is 5.11 Å². The van der Waals surface area contributed by atoms with E-state index in [-0.39, 0.29) is 0 Å². The molecule has 1 nitrogen and oxygen atoms in total. The Morgan fingerprint density at radius 1 is 1.11 bits per heavy atom. The van der Waals surface area contributed by atoms with Crippen LogP contribution >= 0.6 is 11.3 Å². The van der Waals surface area contributed by atoms with Crippen LogP contribution in [0.25, 0.3) is 0 Å². The third-order valence-electron chi connectivity index (χ3n) is 3.50. The van der Waals surface area contributed by atoms with Gasteiger partial charge in [-0.3, -0.25) is 0 Å². The minimum absolute atomic E-state index is 0.493. The summed E-state index contributed by atoms with van der Waals surface area (Å²) < 4.78 is 0. The number of aliphatic hydroxyl groups is 1. The molecular weight excluding hydrogens is 240 g/mol. The lowest BCUT2D eigenvalue weighted by molar-refractivity contribution is 0.220. The Morgan fingerprint density at radius 2 is 1.83 bits per heavy atom. The number of rotatable bonds is 4. The average molecular weight is 260 g/mol. The highest BCUT2D eigenvalue weighted by Crippen LogP contribution is 2.28. The fraction of sp³-hybridized carbons (Fsp3) is 0.375. The van der Waals surface area contributed by atoms with E-state index in [2.05, 4.69) is 44.4 Å². The molecule has 1 aromatic carbocycles. The largest absolute Gasteiger partial charge is 0.384 e. The molecule has 0 spiro atoms. The molecule has 0 bridgehead atoms. The van der Waals surface area contributed by atoms with E-state index in [0.29, 0.717) is 0 Å². The quantitative estimate of drug-likeness (QED) is 0.870. The highest BCUT2D eigenvalue weighted by atomic mass is 32.1. The molecule has 1 atom stereocenters. The number of benzene rings is 1. The second-order valence-corrected chi connectivity index (χ2v) is 5.39. The molecule has 1 aromatic heterocycles. The number of hydrogen-bond acceptors (Lipinski definition) is 2. The van der Waals surface area contributed by atoms with Crippen LogP contribution in [0.1, 0.15) is 47.8 Å². The van der Waals surface area contributed by atoms with Crippen LogP contribution in [-0.4, -0.2) is 5.11 Å². The van der Waals surface area contributed by atoms with Gasteiger partial charge in [0.1, 0.15) is 6.10 Å². The van der Waals surface area contributed by atoms with Crippen molar-refractivity contribution in [2.45, 2.75) is 39.7 Å². The molecular formula is C16H20OS. The maximum Gasteiger partial charge on any atom is 0.105 e. The summed E-state index contributed by atoms with van der Waals surface area (Å²) in [7, 11) is 0. The average Bonchev–Trinajstić information content (AvgIpc) is 2.83. The third kappa shape index (κ3) is 2.50. The number of aryl methyl sites for hydroxylation is 3. The van der Waals surface area contributed by atoms with Gasteiger partial charge in [-0.2, -0.15) is 11.3 Å². The van der Waals surface area contributed by atoms with Crippen molar-refractivity contribution in [1.29, 1.82) is 0 Å². The van der Waals surface area contributed by atoms with Gasteiger partial charge in [0, 0.05) is 0 Å². The van der Waals surface area contributed by atoms with Gasteiger partial charge in [0.2, 0.25) is 0 Å². The molecule has 0 aliphatic carbocycles. The molecule has 0 saturated heterocycles. The summed E-state index contributed by atoms with van der Waals surface area (Å²) in [4.78, 5) is 0. The van der Waals surface area contributed by atoms with Crippen LogP contribution in [0.3, 0.4) is 0 Å². The van der Waals surface area contributed by atoms with E-state index < -0.39 is 6.10 Å². The molecule has 2 aromatic rings. The predicted octanol–water partition coefficient (Wildman–Crippen LogP) is 4.26. The van der Waals surface area contributed by atoms with Crippen molar-refractivity contribution in [2.75, 3.05) is 0 Å². The van der Waals surface area contributed by atoms with Gasteiger partial charge in [0.05, 0.1) is 0 Å². The summed E-state index contributed by atoms with van der Waals surface area (Å²) in [5, 5.41) is 14.6. The normalized spacial score (nSPS) is 12.7. The summed E-state index contributed by atoms with van der Waals surface area (Å²) in [5.74, 6) is 0. The molecule has 2 rings (SSSR count). The second-order valence-electron chi connectivity index (χ2n) is 4.65. The van der Waals surface area contributed by atoms with E-state index in [1.807, 2.05) is 5.38 Å². The van der Waals surface area contributed by atoms with Gasteiger partial charge in [0.15, 0.2) is 0 Å². The summed E-state index contributed by atoms with van der Waals surface area (Å²) in [6.07, 6.45) is 1.58. The summed E-state index contributed by atoms with van der Waals surface area (Å²) >= 11 is 1.65. The standard InChI is InChI=1S/C16H20OS/c1-4-12-6-7-14(8-13(12)5-2)16(17)15-10-18-9-11(15)3/h6-10,16-17H,4-5H2,1-3H3. The predicted molar refractivity (Wildman–Crippen MR) is 78.3 cm³/mol. The minimum Gasteiger partial charge on any atom is -0.384 e. The smallest absolute Gasteiger partial charge is 0.105 e. The maximum absolute atomic E-state index is 10.5. The Balaban J connectivity index is 2.37. The molecule has 0 fully saturated rings. The number of aliphatic hydroxyl groups excluding tert-OH is 1. The molecule has 18 heavy (non-hydrogen) atoms. The lowest BCUT2D eigenvalue weighted by atomic mass is 9.95. The summed E-state index contributed by atoms with van der Waals surface area (Å²) in [6.45, 7) is 6.39. The van der Waals surface area contributed by atoms with Gasteiger partial charge in [0.25, 0.3) is 0 Å². The fourth-order valence-electron chi connectivity index (χ4n) is 2.32. The summed E-state index contributed by atoms with van der Waals surface area (Å²) in [5.41, 5.74) is 5.94. The molecule has 2 heteroatoms. The molecule has 1 heterocycles. The molecule has 0 saturated carbocycles. The van der Waals surface area contributed by atoms with E-state index in [0.717, 1.165) is 24.0 Å². The SMILES string of the molecule is CCc1ccc(C(O)c2cscc2C)cc1CC. The van der Waals surface area contributed by atoms with E-state index in [1.54, 1.807) is 11.3 Å².